The minimum Gasteiger partial charge on any atom is -0.488 e. The Kier molecular flexibility index (Phi) is 7.70. The zero-order valence-corrected chi connectivity index (χ0v) is 24.0. The number of rotatable bonds is 10. The van der Waals surface area contributed by atoms with Crippen LogP contribution in [-0.2, 0) is 13.2 Å². The third-order valence-corrected chi connectivity index (χ3v) is 7.44. The van der Waals surface area contributed by atoms with Gasteiger partial charge >= 0.3 is 0 Å². The number of H-pyrrole nitrogens is 2. The first kappa shape index (κ1) is 27.0. The number of aromatic nitrogens is 4. The smallest absolute Gasteiger partial charge is 0.129 e. The highest BCUT2D eigenvalue weighted by molar-refractivity contribution is 5.77. The molecule has 0 spiro atoms. The van der Waals surface area contributed by atoms with E-state index in [0.29, 0.717) is 13.2 Å². The molecule has 0 saturated carbocycles. The van der Waals surface area contributed by atoms with Crippen molar-refractivity contribution in [1.82, 2.24) is 20.4 Å². The zero-order valence-electron chi connectivity index (χ0n) is 24.0. The Bertz CT molecular complexity index is 1840. The lowest BCUT2D eigenvalue weighted by Crippen LogP contribution is -1.96. The third-order valence-electron chi connectivity index (χ3n) is 7.44. The molecule has 0 amide bonds. The fourth-order valence-corrected chi connectivity index (χ4v) is 5.15. The quantitative estimate of drug-likeness (QED) is 0.171. The topological polar surface area (TPSA) is 75.8 Å². The second kappa shape index (κ2) is 12.5. The van der Waals surface area contributed by atoms with Crippen LogP contribution in [-0.4, -0.2) is 20.4 Å². The van der Waals surface area contributed by atoms with Gasteiger partial charge in [-0.25, -0.2) is 0 Å². The van der Waals surface area contributed by atoms with Gasteiger partial charge in [0.25, 0.3) is 0 Å². The molecule has 2 N–H and O–H groups in total. The molecule has 6 heteroatoms. The van der Waals surface area contributed by atoms with E-state index in [0.717, 1.165) is 67.7 Å². The van der Waals surface area contributed by atoms with E-state index in [1.165, 1.54) is 0 Å². The van der Waals surface area contributed by atoms with Gasteiger partial charge in [-0.05, 0) is 53.6 Å². The maximum atomic E-state index is 6.19. The van der Waals surface area contributed by atoms with Crippen molar-refractivity contribution in [2.24, 2.45) is 0 Å². The number of hydrogen-bond acceptors (Lipinski definition) is 4. The summed E-state index contributed by atoms with van der Waals surface area (Å²) in [5, 5.41) is 15.7. The highest BCUT2D eigenvalue weighted by Crippen LogP contribution is 2.34. The lowest BCUT2D eigenvalue weighted by Gasteiger charge is -2.10. The van der Waals surface area contributed by atoms with E-state index >= 15 is 0 Å². The number of para-hydroxylation sites is 2. The molecule has 7 aromatic rings. The molecule has 6 nitrogen and oxygen atoms in total. The molecular formula is C38H30N4O2. The number of ether oxygens (including phenoxy) is 2. The third kappa shape index (κ3) is 6.01. The maximum absolute atomic E-state index is 6.19. The Labute approximate surface area is 256 Å². The van der Waals surface area contributed by atoms with E-state index in [1.807, 2.05) is 91.0 Å². The van der Waals surface area contributed by atoms with Crippen LogP contribution >= 0.6 is 0 Å². The van der Waals surface area contributed by atoms with Crippen molar-refractivity contribution < 1.29 is 9.47 Å². The SMILES string of the molecule is c1ccc(COc2ccccc2-c2cc(-c3cccc(-c4cc(-c5ccccc5OCc5ccccc5)[nH]n4)c3)n[nH]2)cc1. The molecule has 0 atom stereocenters. The molecule has 0 aliphatic rings. The lowest BCUT2D eigenvalue weighted by atomic mass is 10.0. The summed E-state index contributed by atoms with van der Waals surface area (Å²) in [5.74, 6) is 1.61. The summed E-state index contributed by atoms with van der Waals surface area (Å²) < 4.78 is 12.4. The second-order valence-electron chi connectivity index (χ2n) is 10.5. The van der Waals surface area contributed by atoms with Crippen molar-refractivity contribution in [2.75, 3.05) is 0 Å². The van der Waals surface area contributed by atoms with Crippen molar-refractivity contribution >= 4 is 0 Å². The van der Waals surface area contributed by atoms with E-state index in [1.54, 1.807) is 0 Å². The van der Waals surface area contributed by atoms with Crippen molar-refractivity contribution in [3.63, 3.8) is 0 Å². The highest BCUT2D eigenvalue weighted by atomic mass is 16.5. The fourth-order valence-electron chi connectivity index (χ4n) is 5.15. The van der Waals surface area contributed by atoms with Gasteiger partial charge in [0, 0.05) is 22.3 Å². The lowest BCUT2D eigenvalue weighted by molar-refractivity contribution is 0.307. The van der Waals surface area contributed by atoms with E-state index in [4.69, 9.17) is 9.47 Å². The number of aromatic amines is 2. The molecule has 0 aliphatic carbocycles. The summed E-state index contributed by atoms with van der Waals surface area (Å²) in [7, 11) is 0. The molecule has 7 rings (SSSR count). The molecule has 0 aliphatic heterocycles. The van der Waals surface area contributed by atoms with Gasteiger partial charge in [-0.15, -0.1) is 0 Å². The van der Waals surface area contributed by atoms with Gasteiger partial charge in [-0.3, -0.25) is 10.2 Å². The molecule has 2 heterocycles. The normalized spacial score (nSPS) is 10.9. The molecule has 44 heavy (non-hydrogen) atoms. The molecule has 0 unspecified atom stereocenters. The molecule has 5 aromatic carbocycles. The van der Waals surface area contributed by atoms with Crippen molar-refractivity contribution in [1.29, 1.82) is 0 Å². The Morgan fingerprint density at radius 3 is 1.34 bits per heavy atom. The largest absolute Gasteiger partial charge is 0.488 e. The Morgan fingerprint density at radius 2 is 0.864 bits per heavy atom. The predicted octanol–water partition coefficient (Wildman–Crippen LogP) is 8.96. The van der Waals surface area contributed by atoms with Crippen molar-refractivity contribution in [3.05, 3.63) is 157 Å². The first-order valence-electron chi connectivity index (χ1n) is 14.5. The summed E-state index contributed by atoms with van der Waals surface area (Å²) >= 11 is 0. The molecule has 0 fully saturated rings. The van der Waals surface area contributed by atoms with E-state index < -0.39 is 0 Å². The molecule has 214 valence electrons. The van der Waals surface area contributed by atoms with Gasteiger partial charge in [0.15, 0.2) is 0 Å². The molecule has 0 bridgehead atoms. The zero-order chi connectivity index (χ0) is 29.6. The van der Waals surface area contributed by atoms with Gasteiger partial charge in [0.2, 0.25) is 0 Å². The van der Waals surface area contributed by atoms with Crippen LogP contribution in [0.2, 0.25) is 0 Å². The highest BCUT2D eigenvalue weighted by Gasteiger charge is 2.14. The summed E-state index contributed by atoms with van der Waals surface area (Å²) in [6.45, 7) is 0.992. The first-order chi connectivity index (χ1) is 21.8. The monoisotopic (exact) mass is 574 g/mol. The summed E-state index contributed by atoms with van der Waals surface area (Å²) in [5.41, 5.74) is 9.61. The van der Waals surface area contributed by atoms with Crippen LogP contribution in [0.4, 0.5) is 0 Å². The van der Waals surface area contributed by atoms with Gasteiger partial charge < -0.3 is 9.47 Å². The van der Waals surface area contributed by atoms with Crippen LogP contribution in [0.3, 0.4) is 0 Å². The predicted molar refractivity (Wildman–Crippen MR) is 174 cm³/mol. The van der Waals surface area contributed by atoms with Crippen LogP contribution in [0.5, 0.6) is 11.5 Å². The number of nitrogens with one attached hydrogen (secondary N) is 2. The number of benzene rings is 5. The van der Waals surface area contributed by atoms with Gasteiger partial charge in [-0.1, -0.05) is 103 Å². The standard InChI is InChI=1S/C38H30N4O2/c1-3-12-27(13-4-1)25-43-37-20-9-7-18-31(37)35-23-33(39-41-35)29-16-11-17-30(22-29)34-24-36(42-40-34)32-19-8-10-21-38(32)44-26-28-14-5-2-6-15-28/h1-24H,25-26H2,(H,39,41)(H,40,42). The number of nitrogens with zero attached hydrogens (tertiary/aromatic N) is 2. The Morgan fingerprint density at radius 1 is 0.432 bits per heavy atom. The van der Waals surface area contributed by atoms with Crippen LogP contribution in [0, 0.1) is 0 Å². The van der Waals surface area contributed by atoms with Crippen LogP contribution < -0.4 is 9.47 Å². The molecular weight excluding hydrogens is 544 g/mol. The molecule has 2 aromatic heterocycles. The van der Waals surface area contributed by atoms with Gasteiger partial charge in [0.1, 0.15) is 24.7 Å². The minimum atomic E-state index is 0.496. The van der Waals surface area contributed by atoms with Gasteiger partial charge in [-0.2, -0.15) is 10.2 Å². The van der Waals surface area contributed by atoms with Crippen LogP contribution in [0.1, 0.15) is 11.1 Å². The maximum Gasteiger partial charge on any atom is 0.129 e. The van der Waals surface area contributed by atoms with E-state index in [2.05, 4.69) is 75.0 Å². The second-order valence-corrected chi connectivity index (χ2v) is 10.5. The van der Waals surface area contributed by atoms with Crippen molar-refractivity contribution in [3.8, 4) is 56.5 Å². The van der Waals surface area contributed by atoms with Crippen LogP contribution in [0.25, 0.3) is 45.0 Å². The van der Waals surface area contributed by atoms with Crippen molar-refractivity contribution in [2.45, 2.75) is 13.2 Å². The summed E-state index contributed by atoms with van der Waals surface area (Å²) in [6.07, 6.45) is 0. The molecule has 0 radical (unpaired) electrons. The molecule has 0 saturated heterocycles. The average Bonchev–Trinajstić information content (AvgIpc) is 3.79. The van der Waals surface area contributed by atoms with Gasteiger partial charge in [0.05, 0.1) is 22.8 Å². The minimum absolute atomic E-state index is 0.496. The average molecular weight is 575 g/mol. The van der Waals surface area contributed by atoms with E-state index in [-0.39, 0.29) is 0 Å². The first-order valence-corrected chi connectivity index (χ1v) is 14.5. The summed E-state index contributed by atoms with van der Waals surface area (Å²) in [4.78, 5) is 0. The summed E-state index contributed by atoms with van der Waals surface area (Å²) in [6, 6.07) is 48.7. The van der Waals surface area contributed by atoms with Crippen LogP contribution in [0.15, 0.2) is 146 Å². The fraction of sp³-hybridized carbons (Fsp3) is 0.0526. The Hall–Kier alpha value is -5.88. The van der Waals surface area contributed by atoms with E-state index in [9.17, 15) is 0 Å². The Balaban J connectivity index is 1.10. The number of hydrogen-bond donors (Lipinski definition) is 2.